The Bertz CT molecular complexity index is 927. The van der Waals surface area contributed by atoms with Crippen molar-refractivity contribution in [2.75, 3.05) is 7.05 Å². The van der Waals surface area contributed by atoms with Gasteiger partial charge in [-0.15, -0.1) is 11.3 Å². The fraction of sp³-hybridized carbons (Fsp3) is 0.0588. The first kappa shape index (κ1) is 15.8. The lowest BCUT2D eigenvalue weighted by molar-refractivity contribution is 0.625. The average Bonchev–Trinajstić information content (AvgIpc) is 2.97. The third kappa shape index (κ3) is 3.48. The molecule has 23 heavy (non-hydrogen) atoms. The predicted molar refractivity (Wildman–Crippen MR) is 96.3 cm³/mol. The second kappa shape index (κ2) is 7.02. The first-order valence-corrected chi connectivity index (χ1v) is 8.54. The van der Waals surface area contributed by atoms with E-state index in [1.165, 1.54) is 23.6 Å². The highest BCUT2D eigenvalue weighted by atomic mass is 79.9. The standard InChI is InChI=1S/C17H13BrFN3S/c1-20-17-22(21-10-13-5-2-3-8-15(13)19)16(11-23-17)12-6-4-7-14(18)9-12/h2-11H,1H3/b20-17?,21-10+. The van der Waals surface area contributed by atoms with E-state index in [1.807, 2.05) is 29.6 Å². The van der Waals surface area contributed by atoms with Gasteiger partial charge in [0.2, 0.25) is 4.80 Å². The predicted octanol–water partition coefficient (Wildman–Crippen LogP) is 4.53. The zero-order valence-electron chi connectivity index (χ0n) is 12.3. The summed E-state index contributed by atoms with van der Waals surface area (Å²) in [5, 5.41) is 6.42. The van der Waals surface area contributed by atoms with Crippen molar-refractivity contribution in [3.05, 3.63) is 74.6 Å². The number of halogens is 2. The van der Waals surface area contributed by atoms with Crippen molar-refractivity contribution in [2.24, 2.45) is 10.1 Å². The van der Waals surface area contributed by atoms with Gasteiger partial charge in [0, 0.05) is 28.0 Å². The van der Waals surface area contributed by atoms with Gasteiger partial charge < -0.3 is 0 Å². The van der Waals surface area contributed by atoms with Gasteiger partial charge in [0.1, 0.15) is 5.82 Å². The third-order valence-corrected chi connectivity index (χ3v) is 4.62. The number of aromatic nitrogens is 1. The summed E-state index contributed by atoms with van der Waals surface area (Å²) in [7, 11) is 1.71. The van der Waals surface area contributed by atoms with Crippen LogP contribution in [0.2, 0.25) is 0 Å². The van der Waals surface area contributed by atoms with Crippen molar-refractivity contribution in [2.45, 2.75) is 0 Å². The van der Waals surface area contributed by atoms with Gasteiger partial charge in [0.25, 0.3) is 0 Å². The van der Waals surface area contributed by atoms with Gasteiger partial charge >= 0.3 is 0 Å². The molecule has 3 aromatic rings. The van der Waals surface area contributed by atoms with Crippen LogP contribution in [0.5, 0.6) is 0 Å². The summed E-state index contributed by atoms with van der Waals surface area (Å²) in [4.78, 5) is 4.98. The van der Waals surface area contributed by atoms with E-state index >= 15 is 0 Å². The van der Waals surface area contributed by atoms with E-state index in [-0.39, 0.29) is 5.82 Å². The van der Waals surface area contributed by atoms with Crippen molar-refractivity contribution in [3.8, 4) is 11.3 Å². The van der Waals surface area contributed by atoms with Crippen LogP contribution < -0.4 is 4.80 Å². The zero-order valence-corrected chi connectivity index (χ0v) is 14.7. The molecule has 3 rings (SSSR count). The Kier molecular flexibility index (Phi) is 4.83. The van der Waals surface area contributed by atoms with Crippen LogP contribution in [-0.2, 0) is 0 Å². The highest BCUT2D eigenvalue weighted by Gasteiger charge is 2.07. The second-order valence-corrected chi connectivity index (χ2v) is 6.47. The lowest BCUT2D eigenvalue weighted by Gasteiger charge is -2.04. The molecule has 0 saturated heterocycles. The first-order valence-electron chi connectivity index (χ1n) is 6.87. The summed E-state index contributed by atoms with van der Waals surface area (Å²) in [5.74, 6) is -0.300. The van der Waals surface area contributed by atoms with Crippen LogP contribution in [0.15, 0.2) is 68.5 Å². The maximum Gasteiger partial charge on any atom is 0.205 e. The highest BCUT2D eigenvalue weighted by Crippen LogP contribution is 2.23. The highest BCUT2D eigenvalue weighted by molar-refractivity contribution is 9.10. The minimum Gasteiger partial charge on any atom is -0.261 e. The number of hydrogen-bond donors (Lipinski definition) is 0. The summed E-state index contributed by atoms with van der Waals surface area (Å²) in [6, 6.07) is 14.5. The summed E-state index contributed by atoms with van der Waals surface area (Å²) < 4.78 is 16.5. The lowest BCUT2D eigenvalue weighted by atomic mass is 10.2. The zero-order chi connectivity index (χ0) is 16.2. The van der Waals surface area contributed by atoms with Crippen LogP contribution in [0.1, 0.15) is 5.56 Å². The van der Waals surface area contributed by atoms with E-state index in [4.69, 9.17) is 0 Å². The molecule has 1 heterocycles. The molecule has 0 bridgehead atoms. The normalized spacial score (nSPS) is 12.2. The molecule has 6 heteroatoms. The van der Waals surface area contributed by atoms with Crippen molar-refractivity contribution < 1.29 is 4.39 Å². The third-order valence-electron chi connectivity index (χ3n) is 3.21. The maximum absolute atomic E-state index is 13.7. The van der Waals surface area contributed by atoms with Gasteiger partial charge in [-0.2, -0.15) is 5.10 Å². The van der Waals surface area contributed by atoms with Gasteiger partial charge in [0.15, 0.2) is 0 Å². The largest absolute Gasteiger partial charge is 0.261 e. The van der Waals surface area contributed by atoms with Crippen LogP contribution in [-0.4, -0.2) is 17.9 Å². The first-order chi connectivity index (χ1) is 11.2. The Labute approximate surface area is 145 Å². The van der Waals surface area contributed by atoms with Crippen molar-refractivity contribution in [1.82, 2.24) is 4.68 Å². The smallest absolute Gasteiger partial charge is 0.205 e. The Morgan fingerprint density at radius 2 is 2.00 bits per heavy atom. The molecule has 0 saturated carbocycles. The Balaban J connectivity index is 2.09. The molecule has 0 radical (unpaired) electrons. The van der Waals surface area contributed by atoms with E-state index in [9.17, 15) is 4.39 Å². The molecule has 0 aliphatic rings. The van der Waals surface area contributed by atoms with Gasteiger partial charge in [0.05, 0.1) is 11.9 Å². The fourth-order valence-electron chi connectivity index (χ4n) is 2.11. The number of thiazole rings is 1. The van der Waals surface area contributed by atoms with Crippen LogP contribution in [0.3, 0.4) is 0 Å². The molecule has 0 unspecified atom stereocenters. The molecule has 0 atom stereocenters. The van der Waals surface area contributed by atoms with E-state index in [2.05, 4.69) is 26.0 Å². The van der Waals surface area contributed by atoms with Crippen molar-refractivity contribution >= 4 is 33.5 Å². The molecule has 0 spiro atoms. The van der Waals surface area contributed by atoms with Gasteiger partial charge in [-0.3, -0.25) is 4.99 Å². The number of rotatable bonds is 3. The number of nitrogens with zero attached hydrogens (tertiary/aromatic N) is 3. The number of benzene rings is 2. The fourth-order valence-corrected chi connectivity index (χ4v) is 3.31. The quantitative estimate of drug-likeness (QED) is 0.589. The molecule has 0 amide bonds. The summed E-state index contributed by atoms with van der Waals surface area (Å²) >= 11 is 4.97. The molecular formula is C17H13BrFN3S. The van der Waals surface area contributed by atoms with E-state index in [1.54, 1.807) is 29.9 Å². The van der Waals surface area contributed by atoms with E-state index < -0.39 is 0 Å². The SMILES string of the molecule is CN=c1scc(-c2cccc(Br)c2)n1/N=C/c1ccccc1F. The minimum atomic E-state index is -0.300. The molecule has 0 N–H and O–H groups in total. The van der Waals surface area contributed by atoms with Crippen LogP contribution in [0, 0.1) is 5.82 Å². The molecule has 3 nitrogen and oxygen atoms in total. The molecule has 116 valence electrons. The molecule has 1 aromatic heterocycles. The van der Waals surface area contributed by atoms with Gasteiger partial charge in [-0.1, -0.05) is 46.3 Å². The average molecular weight is 390 g/mol. The topological polar surface area (TPSA) is 29.6 Å². The van der Waals surface area contributed by atoms with Crippen molar-refractivity contribution in [1.29, 1.82) is 0 Å². The van der Waals surface area contributed by atoms with Crippen LogP contribution >= 0.6 is 27.3 Å². The molecule has 2 aromatic carbocycles. The second-order valence-electron chi connectivity index (χ2n) is 4.72. The summed E-state index contributed by atoms with van der Waals surface area (Å²) in [5.41, 5.74) is 2.36. The number of hydrogen-bond acceptors (Lipinski definition) is 3. The summed E-state index contributed by atoms with van der Waals surface area (Å²) in [6.07, 6.45) is 1.51. The van der Waals surface area contributed by atoms with Gasteiger partial charge in [-0.25, -0.2) is 9.07 Å². The Morgan fingerprint density at radius 3 is 2.74 bits per heavy atom. The van der Waals surface area contributed by atoms with E-state index in [0.29, 0.717) is 5.56 Å². The molecule has 0 fully saturated rings. The lowest BCUT2D eigenvalue weighted by Crippen LogP contribution is -2.11. The van der Waals surface area contributed by atoms with Crippen molar-refractivity contribution in [3.63, 3.8) is 0 Å². The monoisotopic (exact) mass is 389 g/mol. The van der Waals surface area contributed by atoms with Crippen LogP contribution in [0.25, 0.3) is 11.3 Å². The molecule has 0 aliphatic carbocycles. The maximum atomic E-state index is 13.7. The van der Waals surface area contributed by atoms with E-state index in [0.717, 1.165) is 20.5 Å². The Morgan fingerprint density at radius 1 is 1.17 bits per heavy atom. The van der Waals surface area contributed by atoms with Crippen LogP contribution in [0.4, 0.5) is 4.39 Å². The Hall–Kier alpha value is -2.05. The molecular weight excluding hydrogens is 377 g/mol. The minimum absolute atomic E-state index is 0.300. The molecule has 0 aliphatic heterocycles. The summed E-state index contributed by atoms with van der Waals surface area (Å²) in [6.45, 7) is 0. The van der Waals surface area contributed by atoms with Gasteiger partial charge in [-0.05, 0) is 18.2 Å².